The van der Waals surface area contributed by atoms with Gasteiger partial charge in [-0.15, -0.1) is 0 Å². The van der Waals surface area contributed by atoms with Crippen molar-refractivity contribution in [3.63, 3.8) is 0 Å². The first-order valence-corrected chi connectivity index (χ1v) is 4.77. The summed E-state index contributed by atoms with van der Waals surface area (Å²) in [5.41, 5.74) is 0.286. The van der Waals surface area contributed by atoms with E-state index >= 15 is 0 Å². The zero-order valence-electron chi connectivity index (χ0n) is 8.38. The lowest BCUT2D eigenvalue weighted by Gasteiger charge is -2.10. The van der Waals surface area contributed by atoms with Gasteiger partial charge >= 0.3 is 7.12 Å². The van der Waals surface area contributed by atoms with Crippen LogP contribution in [0.1, 0.15) is 12.8 Å². The van der Waals surface area contributed by atoms with Gasteiger partial charge in [0, 0.05) is 11.5 Å². The largest absolute Gasteiger partial charge is 0.492 e. The number of methoxy groups -OCH3 is 1. The molecule has 0 radical (unpaired) electrons. The van der Waals surface area contributed by atoms with E-state index in [1.54, 1.807) is 0 Å². The van der Waals surface area contributed by atoms with Gasteiger partial charge in [-0.1, -0.05) is 0 Å². The fraction of sp³-hybridized carbons (Fsp3) is 0.444. The number of rotatable bonds is 4. The molecule has 6 heteroatoms. The molecular formula is C9H12BNO4. The highest BCUT2D eigenvalue weighted by Crippen LogP contribution is 2.26. The highest BCUT2D eigenvalue weighted by Gasteiger charge is 2.27. The van der Waals surface area contributed by atoms with E-state index in [9.17, 15) is 0 Å². The van der Waals surface area contributed by atoms with Crippen molar-refractivity contribution < 1.29 is 19.5 Å². The molecule has 80 valence electrons. The summed E-state index contributed by atoms with van der Waals surface area (Å²) in [7, 11) is -0.104. The van der Waals surface area contributed by atoms with Crippen LogP contribution >= 0.6 is 0 Å². The van der Waals surface area contributed by atoms with E-state index in [4.69, 9.17) is 19.5 Å². The minimum absolute atomic E-state index is 0.192. The third-order valence-electron chi connectivity index (χ3n) is 2.18. The van der Waals surface area contributed by atoms with Crippen LogP contribution in [-0.2, 0) is 0 Å². The second-order valence-electron chi connectivity index (χ2n) is 3.46. The lowest BCUT2D eigenvalue weighted by Crippen LogP contribution is -2.32. The van der Waals surface area contributed by atoms with Crippen molar-refractivity contribution in [3.05, 3.63) is 12.3 Å². The maximum absolute atomic E-state index is 9.15. The van der Waals surface area contributed by atoms with Gasteiger partial charge in [-0.3, -0.25) is 0 Å². The van der Waals surface area contributed by atoms with Crippen LogP contribution in [-0.4, -0.2) is 35.4 Å². The van der Waals surface area contributed by atoms with E-state index in [-0.39, 0.29) is 11.6 Å². The molecule has 1 aliphatic rings. The minimum Gasteiger partial charge on any atom is -0.489 e. The summed E-state index contributed by atoms with van der Waals surface area (Å²) < 4.78 is 10.4. The SMILES string of the molecule is COc1cc(B(O)O)c(OC2CC2)cn1. The predicted molar refractivity (Wildman–Crippen MR) is 54.3 cm³/mol. The summed E-state index contributed by atoms with van der Waals surface area (Å²) in [6.07, 6.45) is 3.66. The van der Waals surface area contributed by atoms with E-state index < -0.39 is 7.12 Å². The maximum atomic E-state index is 9.15. The Hall–Kier alpha value is -1.27. The van der Waals surface area contributed by atoms with Crippen LogP contribution in [0.5, 0.6) is 11.6 Å². The molecule has 1 aromatic rings. The average Bonchev–Trinajstić information content (AvgIpc) is 3.02. The van der Waals surface area contributed by atoms with Gasteiger partial charge in [-0.25, -0.2) is 4.98 Å². The highest BCUT2D eigenvalue weighted by atomic mass is 16.5. The van der Waals surface area contributed by atoms with E-state index in [1.165, 1.54) is 19.4 Å². The quantitative estimate of drug-likeness (QED) is 0.642. The fourth-order valence-corrected chi connectivity index (χ4v) is 1.22. The van der Waals surface area contributed by atoms with Crippen LogP contribution < -0.4 is 14.9 Å². The topological polar surface area (TPSA) is 71.8 Å². The number of aromatic nitrogens is 1. The van der Waals surface area contributed by atoms with Crippen LogP contribution in [0.3, 0.4) is 0 Å². The summed E-state index contributed by atoms with van der Waals surface area (Å²) in [5.74, 6) is 0.745. The normalized spacial score (nSPS) is 14.9. The second kappa shape index (κ2) is 4.08. The van der Waals surface area contributed by atoms with Crippen LogP contribution in [0.25, 0.3) is 0 Å². The summed E-state index contributed by atoms with van der Waals surface area (Å²) >= 11 is 0. The zero-order chi connectivity index (χ0) is 10.8. The van der Waals surface area contributed by atoms with Gasteiger partial charge < -0.3 is 19.5 Å². The molecule has 0 spiro atoms. The number of ether oxygens (including phenoxy) is 2. The van der Waals surface area contributed by atoms with Crippen molar-refractivity contribution in [3.8, 4) is 11.6 Å². The van der Waals surface area contributed by atoms with Gasteiger partial charge in [0.1, 0.15) is 5.75 Å². The standard InChI is InChI=1S/C9H12BNO4/c1-14-9-4-7(10(12)13)8(5-11-9)15-6-2-3-6/h4-6,12-13H,2-3H2,1H3. The Labute approximate surface area is 87.8 Å². The number of pyridine rings is 1. The third kappa shape index (κ3) is 2.40. The Kier molecular flexibility index (Phi) is 2.79. The van der Waals surface area contributed by atoms with Crippen molar-refractivity contribution >= 4 is 12.6 Å². The molecule has 15 heavy (non-hydrogen) atoms. The van der Waals surface area contributed by atoms with Gasteiger partial charge in [0.15, 0.2) is 0 Å². The molecule has 0 aliphatic heterocycles. The molecule has 0 unspecified atom stereocenters. The Morgan fingerprint density at radius 3 is 2.73 bits per heavy atom. The smallest absolute Gasteiger partial charge is 0.489 e. The van der Waals surface area contributed by atoms with E-state index in [0.717, 1.165) is 12.8 Å². The second-order valence-corrected chi connectivity index (χ2v) is 3.46. The molecule has 1 heterocycles. The highest BCUT2D eigenvalue weighted by molar-refractivity contribution is 6.59. The Morgan fingerprint density at radius 1 is 1.47 bits per heavy atom. The van der Waals surface area contributed by atoms with Crippen LogP contribution in [0, 0.1) is 0 Å². The first-order chi connectivity index (χ1) is 7.20. The Bertz CT molecular complexity index is 354. The number of hydrogen-bond donors (Lipinski definition) is 2. The molecule has 0 atom stereocenters. The van der Waals surface area contributed by atoms with Gasteiger partial charge in [0.25, 0.3) is 0 Å². The van der Waals surface area contributed by atoms with E-state index in [1.807, 2.05) is 0 Å². The monoisotopic (exact) mass is 209 g/mol. The number of nitrogens with zero attached hydrogens (tertiary/aromatic N) is 1. The maximum Gasteiger partial charge on any atom is 0.492 e. The Balaban J connectivity index is 2.25. The van der Waals surface area contributed by atoms with E-state index in [2.05, 4.69) is 4.98 Å². The molecular weight excluding hydrogens is 197 g/mol. The van der Waals surface area contributed by atoms with Crippen molar-refractivity contribution in [1.29, 1.82) is 0 Å². The molecule has 1 saturated carbocycles. The first-order valence-electron chi connectivity index (χ1n) is 4.77. The summed E-state index contributed by atoms with van der Waals surface area (Å²) in [6.45, 7) is 0. The van der Waals surface area contributed by atoms with Crippen LogP contribution in [0.2, 0.25) is 0 Å². The van der Waals surface area contributed by atoms with Crippen molar-refractivity contribution in [2.45, 2.75) is 18.9 Å². The lowest BCUT2D eigenvalue weighted by atomic mass is 9.80. The van der Waals surface area contributed by atoms with Crippen molar-refractivity contribution in [2.24, 2.45) is 0 Å². The molecule has 1 fully saturated rings. The summed E-state index contributed by atoms with van der Waals surface area (Å²) in [5, 5.41) is 18.3. The van der Waals surface area contributed by atoms with Crippen molar-refractivity contribution in [2.75, 3.05) is 7.11 Å². The van der Waals surface area contributed by atoms with Gasteiger partial charge in [-0.05, 0) is 12.8 Å². The average molecular weight is 209 g/mol. The molecule has 0 amide bonds. The molecule has 2 rings (SSSR count). The summed E-state index contributed by atoms with van der Waals surface area (Å²) in [4.78, 5) is 3.95. The molecule has 1 aliphatic carbocycles. The van der Waals surface area contributed by atoms with Crippen LogP contribution in [0.15, 0.2) is 12.3 Å². The number of hydrogen-bond acceptors (Lipinski definition) is 5. The molecule has 0 saturated heterocycles. The molecule has 0 bridgehead atoms. The molecule has 5 nitrogen and oxygen atoms in total. The van der Waals surface area contributed by atoms with Gasteiger partial charge in [0.2, 0.25) is 5.88 Å². The van der Waals surface area contributed by atoms with Gasteiger partial charge in [-0.2, -0.15) is 0 Å². The van der Waals surface area contributed by atoms with E-state index in [0.29, 0.717) is 11.6 Å². The fourth-order valence-electron chi connectivity index (χ4n) is 1.22. The third-order valence-corrected chi connectivity index (χ3v) is 2.18. The zero-order valence-corrected chi connectivity index (χ0v) is 8.38. The molecule has 1 aromatic heterocycles. The molecule has 0 aromatic carbocycles. The Morgan fingerprint density at radius 2 is 2.20 bits per heavy atom. The summed E-state index contributed by atoms with van der Waals surface area (Å²) in [6, 6.07) is 1.46. The molecule has 2 N–H and O–H groups in total. The van der Waals surface area contributed by atoms with Gasteiger partial charge in [0.05, 0.1) is 19.4 Å². The first kappa shape index (κ1) is 10.3. The predicted octanol–water partition coefficient (Wildman–Crippen LogP) is -0.689. The lowest BCUT2D eigenvalue weighted by molar-refractivity contribution is 0.301. The minimum atomic E-state index is -1.57. The van der Waals surface area contributed by atoms with Crippen molar-refractivity contribution in [1.82, 2.24) is 4.98 Å². The van der Waals surface area contributed by atoms with Crippen LogP contribution in [0.4, 0.5) is 0 Å².